The molecule has 2 heterocycles. The molecule has 1 amide bonds. The average molecular weight is 375 g/mol. The van der Waals surface area contributed by atoms with Crippen LogP contribution in [0.15, 0.2) is 35.5 Å². The zero-order valence-electron chi connectivity index (χ0n) is 15.2. The van der Waals surface area contributed by atoms with Crippen molar-refractivity contribution in [1.29, 1.82) is 0 Å². The number of hydrogen-bond donors (Lipinski definition) is 1. The van der Waals surface area contributed by atoms with Crippen molar-refractivity contribution in [3.05, 3.63) is 35.9 Å². The second-order valence-corrected chi connectivity index (χ2v) is 7.90. The Morgan fingerprint density at radius 3 is 2.92 bits per heavy atom. The Balaban J connectivity index is 1.49. The van der Waals surface area contributed by atoms with Crippen LogP contribution in [0, 0.1) is 0 Å². The summed E-state index contributed by atoms with van der Waals surface area (Å²) in [6, 6.07) is 10.2. The van der Waals surface area contributed by atoms with Gasteiger partial charge in [-0.3, -0.25) is 4.79 Å². The number of amides is 1. The van der Waals surface area contributed by atoms with Crippen LogP contribution in [0.2, 0.25) is 0 Å². The summed E-state index contributed by atoms with van der Waals surface area (Å²) in [5.41, 5.74) is 1.22. The molecule has 26 heavy (non-hydrogen) atoms. The Morgan fingerprint density at radius 1 is 1.38 bits per heavy atom. The maximum atomic E-state index is 12.4. The van der Waals surface area contributed by atoms with Crippen LogP contribution < -0.4 is 5.32 Å². The molecule has 3 unspecified atom stereocenters. The van der Waals surface area contributed by atoms with E-state index in [4.69, 9.17) is 4.74 Å². The fraction of sp³-hybridized carbons (Fsp3) is 0.556. The third kappa shape index (κ3) is 5.04. The Bertz CT molecular complexity index is 703. The molecule has 1 aliphatic rings. The lowest BCUT2D eigenvalue weighted by molar-refractivity contribution is -0.120. The largest absolute Gasteiger partial charge is 0.376 e. The Morgan fingerprint density at radius 2 is 2.19 bits per heavy atom. The van der Waals surface area contributed by atoms with Gasteiger partial charge in [0, 0.05) is 13.2 Å². The molecule has 140 valence electrons. The van der Waals surface area contributed by atoms with E-state index in [-0.39, 0.29) is 23.2 Å². The zero-order chi connectivity index (χ0) is 18.4. The predicted molar refractivity (Wildman–Crippen MR) is 100.0 cm³/mol. The van der Waals surface area contributed by atoms with E-state index in [1.54, 1.807) is 4.68 Å². The van der Waals surface area contributed by atoms with Crippen LogP contribution in [0.25, 0.3) is 0 Å². The van der Waals surface area contributed by atoms with E-state index >= 15 is 0 Å². The molecule has 1 aromatic heterocycles. The van der Waals surface area contributed by atoms with Gasteiger partial charge in [-0.1, -0.05) is 49.0 Å². The molecule has 0 radical (unpaired) electrons. The van der Waals surface area contributed by atoms with E-state index in [9.17, 15) is 4.79 Å². The van der Waals surface area contributed by atoms with Crippen molar-refractivity contribution in [2.75, 3.05) is 13.2 Å². The number of benzene rings is 1. The van der Waals surface area contributed by atoms with E-state index in [1.807, 2.05) is 25.1 Å². The highest BCUT2D eigenvalue weighted by Crippen LogP contribution is 2.22. The molecule has 0 bridgehead atoms. The van der Waals surface area contributed by atoms with Crippen molar-refractivity contribution in [3.63, 3.8) is 0 Å². The van der Waals surface area contributed by atoms with Crippen molar-refractivity contribution in [1.82, 2.24) is 25.5 Å². The van der Waals surface area contributed by atoms with Crippen molar-refractivity contribution >= 4 is 17.7 Å². The van der Waals surface area contributed by atoms with Gasteiger partial charge in [0.1, 0.15) is 0 Å². The van der Waals surface area contributed by atoms with E-state index in [1.165, 1.54) is 17.3 Å². The molecule has 1 aromatic carbocycles. The van der Waals surface area contributed by atoms with Gasteiger partial charge in [0.15, 0.2) is 0 Å². The van der Waals surface area contributed by atoms with Gasteiger partial charge in [-0.05, 0) is 41.7 Å². The number of nitrogens with one attached hydrogen (secondary N) is 1. The maximum absolute atomic E-state index is 12.4. The van der Waals surface area contributed by atoms with Crippen molar-refractivity contribution in [2.45, 2.75) is 55.7 Å². The molecular formula is C18H25N5O2S. The molecule has 1 fully saturated rings. The number of thioether (sulfide) groups is 1. The Kier molecular flexibility index (Phi) is 6.62. The summed E-state index contributed by atoms with van der Waals surface area (Å²) >= 11 is 1.38. The highest BCUT2D eigenvalue weighted by atomic mass is 32.2. The van der Waals surface area contributed by atoms with Gasteiger partial charge in [0.05, 0.1) is 17.9 Å². The monoisotopic (exact) mass is 375 g/mol. The first-order valence-corrected chi connectivity index (χ1v) is 9.88. The van der Waals surface area contributed by atoms with Crippen LogP contribution in [0.5, 0.6) is 0 Å². The third-order valence-electron chi connectivity index (χ3n) is 4.50. The van der Waals surface area contributed by atoms with Crippen molar-refractivity contribution < 1.29 is 9.53 Å². The van der Waals surface area contributed by atoms with Crippen molar-refractivity contribution in [3.8, 4) is 0 Å². The molecule has 2 aromatic rings. The number of carbonyl (C=O) groups excluding carboxylic acids is 1. The average Bonchev–Trinajstić information content (AvgIpc) is 3.33. The maximum Gasteiger partial charge on any atom is 0.233 e. The summed E-state index contributed by atoms with van der Waals surface area (Å²) in [6.45, 7) is 6.02. The van der Waals surface area contributed by atoms with Crippen LogP contribution in [0.4, 0.5) is 0 Å². The quantitative estimate of drug-likeness (QED) is 0.713. The van der Waals surface area contributed by atoms with Crippen LogP contribution in [0.1, 0.15) is 38.2 Å². The molecule has 1 N–H and O–H groups in total. The molecule has 1 aliphatic heterocycles. The normalized spacial score (nSPS) is 19.2. The summed E-state index contributed by atoms with van der Waals surface area (Å²) in [7, 11) is 0. The number of nitrogens with zero attached hydrogens (tertiary/aromatic N) is 4. The Labute approximate surface area is 157 Å². The summed E-state index contributed by atoms with van der Waals surface area (Å²) in [5.74, 6) is 0.256. The highest BCUT2D eigenvalue weighted by Gasteiger charge is 2.22. The fourth-order valence-corrected chi connectivity index (χ4v) is 3.71. The second kappa shape index (κ2) is 9.14. The SMILES string of the molecule is CC(Sc1nnnn1CC1CCCO1)C(=O)NCC(C)c1ccccc1. The number of hydrogen-bond acceptors (Lipinski definition) is 6. The molecular weight excluding hydrogens is 350 g/mol. The van der Waals surface area contributed by atoms with Gasteiger partial charge in [0.2, 0.25) is 11.1 Å². The van der Waals surface area contributed by atoms with E-state index < -0.39 is 0 Å². The first kappa shape index (κ1) is 18.8. The summed E-state index contributed by atoms with van der Waals surface area (Å²) < 4.78 is 7.37. The lowest BCUT2D eigenvalue weighted by Crippen LogP contribution is -2.33. The minimum Gasteiger partial charge on any atom is -0.376 e. The molecule has 3 rings (SSSR count). The van der Waals surface area contributed by atoms with Gasteiger partial charge in [-0.15, -0.1) is 5.10 Å². The number of tetrazole rings is 1. The van der Waals surface area contributed by atoms with Crippen molar-refractivity contribution in [2.24, 2.45) is 0 Å². The van der Waals surface area contributed by atoms with Crippen LogP contribution in [-0.2, 0) is 16.1 Å². The molecule has 7 nitrogen and oxygen atoms in total. The molecule has 0 spiro atoms. The van der Waals surface area contributed by atoms with Gasteiger partial charge < -0.3 is 10.1 Å². The van der Waals surface area contributed by atoms with E-state index in [2.05, 4.69) is 39.9 Å². The number of ether oxygens (including phenoxy) is 1. The minimum absolute atomic E-state index is 0.00977. The summed E-state index contributed by atoms with van der Waals surface area (Å²) in [5, 5.41) is 15.2. The first-order chi connectivity index (χ1) is 12.6. The topological polar surface area (TPSA) is 81.9 Å². The number of rotatable bonds is 8. The predicted octanol–water partition coefficient (Wildman–Crippen LogP) is 2.25. The third-order valence-corrected chi connectivity index (χ3v) is 5.57. The van der Waals surface area contributed by atoms with Gasteiger partial charge in [0.25, 0.3) is 0 Å². The van der Waals surface area contributed by atoms with Gasteiger partial charge in [-0.2, -0.15) is 0 Å². The first-order valence-electron chi connectivity index (χ1n) is 9.00. The smallest absolute Gasteiger partial charge is 0.233 e. The molecule has 1 saturated heterocycles. The Hall–Kier alpha value is -1.93. The number of carbonyl (C=O) groups is 1. The summed E-state index contributed by atoms with van der Waals surface area (Å²) in [6.07, 6.45) is 2.26. The molecule has 0 saturated carbocycles. The van der Waals surface area contributed by atoms with Gasteiger partial charge in [-0.25, -0.2) is 4.68 Å². The van der Waals surface area contributed by atoms with E-state index in [0.29, 0.717) is 18.2 Å². The van der Waals surface area contributed by atoms with E-state index in [0.717, 1.165) is 19.4 Å². The molecule has 8 heteroatoms. The number of aromatic nitrogens is 4. The minimum atomic E-state index is -0.271. The summed E-state index contributed by atoms with van der Waals surface area (Å²) in [4.78, 5) is 12.4. The zero-order valence-corrected chi connectivity index (χ0v) is 16.0. The molecule has 3 atom stereocenters. The highest BCUT2D eigenvalue weighted by molar-refractivity contribution is 8.00. The van der Waals surface area contributed by atoms with Gasteiger partial charge >= 0.3 is 0 Å². The standard InChI is InChI=1S/C18H25N5O2S/c1-13(15-7-4-3-5-8-15)11-19-17(24)14(2)26-18-20-21-22-23(18)12-16-9-6-10-25-16/h3-5,7-8,13-14,16H,6,9-12H2,1-2H3,(H,19,24). The second-order valence-electron chi connectivity index (χ2n) is 6.60. The fourth-order valence-electron chi connectivity index (χ4n) is 2.89. The lowest BCUT2D eigenvalue weighted by atomic mass is 10.0. The molecule has 0 aliphatic carbocycles. The lowest BCUT2D eigenvalue weighted by Gasteiger charge is -2.16. The van der Waals surface area contributed by atoms with Crippen LogP contribution in [-0.4, -0.2) is 50.6 Å². The van der Waals surface area contributed by atoms with Crippen LogP contribution in [0.3, 0.4) is 0 Å². The van der Waals surface area contributed by atoms with Crippen LogP contribution >= 0.6 is 11.8 Å².